The van der Waals surface area contributed by atoms with E-state index in [1.165, 1.54) is 11.3 Å². The number of aromatic nitrogens is 1. The molecule has 0 radical (unpaired) electrons. The summed E-state index contributed by atoms with van der Waals surface area (Å²) >= 11 is 1.26. The van der Waals surface area contributed by atoms with Gasteiger partial charge in [0.25, 0.3) is 0 Å². The smallest absolute Gasteiger partial charge is 0.315 e. The first kappa shape index (κ1) is 13.4. The molecule has 1 aromatic carbocycles. The van der Waals surface area contributed by atoms with Crippen LogP contribution in [0.2, 0.25) is 0 Å². The number of aryl methyl sites for hydroxylation is 1. The number of carbonyl (C=O) groups is 2. The van der Waals surface area contributed by atoms with E-state index >= 15 is 0 Å². The minimum atomic E-state index is -0.776. The van der Waals surface area contributed by atoms with Gasteiger partial charge >= 0.3 is 11.8 Å². The molecule has 0 fully saturated rings. The lowest BCUT2D eigenvalue weighted by atomic mass is 10.2. The Labute approximate surface area is 123 Å². The van der Waals surface area contributed by atoms with E-state index in [2.05, 4.69) is 15.6 Å². The average Bonchev–Trinajstić information content (AvgIpc) is 3.07. The molecular weight excluding hydrogens is 294 g/mol. The number of anilines is 2. The van der Waals surface area contributed by atoms with Gasteiger partial charge in [0.15, 0.2) is 16.6 Å². The molecule has 0 aliphatic carbocycles. The third-order valence-corrected chi connectivity index (χ3v) is 3.55. The van der Waals surface area contributed by atoms with Gasteiger partial charge in [-0.1, -0.05) is 0 Å². The van der Waals surface area contributed by atoms with Crippen molar-refractivity contribution in [1.29, 1.82) is 0 Å². The fourth-order valence-electron chi connectivity index (χ4n) is 1.73. The van der Waals surface area contributed by atoms with Crippen molar-refractivity contribution in [3.8, 4) is 11.5 Å². The van der Waals surface area contributed by atoms with Crippen molar-refractivity contribution in [2.75, 3.05) is 17.4 Å². The maximum atomic E-state index is 11.8. The van der Waals surface area contributed by atoms with E-state index in [1.807, 2.05) is 0 Å². The Morgan fingerprint density at radius 1 is 1.19 bits per heavy atom. The molecule has 108 valence electrons. The van der Waals surface area contributed by atoms with Crippen LogP contribution >= 0.6 is 11.3 Å². The number of hydrogen-bond acceptors (Lipinski definition) is 6. The first-order valence-corrected chi connectivity index (χ1v) is 6.94. The molecule has 0 unspecified atom stereocenters. The number of thiazole rings is 1. The molecule has 2 amide bonds. The molecule has 1 aliphatic rings. The molecule has 1 aliphatic heterocycles. The van der Waals surface area contributed by atoms with Gasteiger partial charge < -0.3 is 14.8 Å². The molecular formula is C13H11N3O4S. The van der Waals surface area contributed by atoms with E-state index < -0.39 is 11.8 Å². The number of benzene rings is 1. The van der Waals surface area contributed by atoms with Gasteiger partial charge in [-0.3, -0.25) is 14.9 Å². The lowest BCUT2D eigenvalue weighted by Gasteiger charge is -2.05. The van der Waals surface area contributed by atoms with Gasteiger partial charge in [-0.15, -0.1) is 11.3 Å². The van der Waals surface area contributed by atoms with Crippen LogP contribution in [-0.2, 0) is 9.59 Å². The minimum Gasteiger partial charge on any atom is -0.454 e. The third kappa shape index (κ3) is 2.95. The summed E-state index contributed by atoms with van der Waals surface area (Å²) in [5.74, 6) is -0.414. The summed E-state index contributed by atoms with van der Waals surface area (Å²) in [6, 6.07) is 4.90. The number of fused-ring (bicyclic) bond motifs is 1. The number of amides is 2. The number of carbonyl (C=O) groups excluding carboxylic acids is 2. The second kappa shape index (κ2) is 5.41. The summed E-state index contributed by atoms with van der Waals surface area (Å²) < 4.78 is 10.4. The molecule has 21 heavy (non-hydrogen) atoms. The van der Waals surface area contributed by atoms with Crippen LogP contribution in [0.4, 0.5) is 10.8 Å². The van der Waals surface area contributed by atoms with Crippen LogP contribution in [-0.4, -0.2) is 23.6 Å². The van der Waals surface area contributed by atoms with Crippen molar-refractivity contribution in [1.82, 2.24) is 4.98 Å². The number of rotatable bonds is 2. The van der Waals surface area contributed by atoms with Gasteiger partial charge in [0.05, 0.1) is 5.69 Å². The Balaban J connectivity index is 1.64. The first-order valence-electron chi connectivity index (χ1n) is 6.06. The predicted octanol–water partition coefficient (Wildman–Crippen LogP) is 1.76. The highest BCUT2D eigenvalue weighted by molar-refractivity contribution is 7.14. The summed E-state index contributed by atoms with van der Waals surface area (Å²) in [5, 5.41) is 7.09. The summed E-state index contributed by atoms with van der Waals surface area (Å²) in [4.78, 5) is 27.6. The fraction of sp³-hybridized carbons (Fsp3) is 0.154. The number of nitrogens with zero attached hydrogens (tertiary/aromatic N) is 1. The molecule has 2 N–H and O–H groups in total. The average molecular weight is 305 g/mol. The zero-order valence-electron chi connectivity index (χ0n) is 11.0. The Hall–Kier alpha value is -2.61. The van der Waals surface area contributed by atoms with E-state index in [-0.39, 0.29) is 6.79 Å². The van der Waals surface area contributed by atoms with Gasteiger partial charge in [-0.2, -0.15) is 0 Å². The quantitative estimate of drug-likeness (QED) is 0.825. The van der Waals surface area contributed by atoms with Crippen molar-refractivity contribution in [2.24, 2.45) is 0 Å². The molecule has 2 aromatic rings. The van der Waals surface area contributed by atoms with Crippen LogP contribution in [0.1, 0.15) is 5.69 Å². The van der Waals surface area contributed by atoms with Crippen LogP contribution < -0.4 is 20.1 Å². The fourth-order valence-corrected chi connectivity index (χ4v) is 2.41. The molecule has 0 spiro atoms. The summed E-state index contributed by atoms with van der Waals surface area (Å²) in [6.45, 7) is 1.95. The van der Waals surface area contributed by atoms with Crippen molar-refractivity contribution in [3.63, 3.8) is 0 Å². The minimum absolute atomic E-state index is 0.149. The standard InChI is InChI=1S/C13H11N3O4S/c1-7-5-21-13(14-7)16-12(18)11(17)15-8-2-3-9-10(4-8)20-6-19-9/h2-5H,6H2,1H3,(H,15,17)(H,14,16,18). The Kier molecular flexibility index (Phi) is 3.44. The van der Waals surface area contributed by atoms with Gasteiger partial charge in [-0.25, -0.2) is 4.98 Å². The summed E-state index contributed by atoms with van der Waals surface area (Å²) in [6.07, 6.45) is 0. The lowest BCUT2D eigenvalue weighted by Crippen LogP contribution is -2.29. The zero-order valence-corrected chi connectivity index (χ0v) is 11.8. The number of ether oxygens (including phenoxy) is 2. The molecule has 0 saturated heterocycles. The summed E-state index contributed by atoms with van der Waals surface area (Å²) in [5.41, 5.74) is 1.24. The first-order chi connectivity index (χ1) is 10.1. The SMILES string of the molecule is Cc1csc(NC(=O)C(=O)Nc2ccc3c(c2)OCO3)n1. The molecule has 0 bridgehead atoms. The van der Waals surface area contributed by atoms with E-state index in [0.29, 0.717) is 22.3 Å². The monoisotopic (exact) mass is 305 g/mol. The molecule has 1 aromatic heterocycles. The van der Waals surface area contributed by atoms with Gasteiger partial charge in [0.2, 0.25) is 6.79 Å². The second-order valence-electron chi connectivity index (χ2n) is 4.27. The lowest BCUT2D eigenvalue weighted by molar-refractivity contribution is -0.133. The maximum Gasteiger partial charge on any atom is 0.315 e. The zero-order chi connectivity index (χ0) is 14.8. The molecule has 8 heteroatoms. The number of hydrogen-bond donors (Lipinski definition) is 2. The van der Waals surface area contributed by atoms with Crippen LogP contribution in [0, 0.1) is 6.92 Å². The molecule has 0 saturated carbocycles. The Morgan fingerprint density at radius 2 is 1.95 bits per heavy atom. The molecule has 7 nitrogen and oxygen atoms in total. The van der Waals surface area contributed by atoms with E-state index in [1.54, 1.807) is 30.5 Å². The normalized spacial score (nSPS) is 12.0. The Morgan fingerprint density at radius 3 is 2.71 bits per heavy atom. The van der Waals surface area contributed by atoms with Crippen LogP contribution in [0.25, 0.3) is 0 Å². The third-order valence-electron chi connectivity index (χ3n) is 2.68. The molecule has 3 rings (SSSR count). The highest BCUT2D eigenvalue weighted by atomic mass is 32.1. The van der Waals surface area contributed by atoms with Crippen molar-refractivity contribution in [2.45, 2.75) is 6.92 Å². The predicted molar refractivity (Wildman–Crippen MR) is 76.7 cm³/mol. The van der Waals surface area contributed by atoms with Crippen molar-refractivity contribution in [3.05, 3.63) is 29.3 Å². The Bertz CT molecular complexity index is 713. The maximum absolute atomic E-state index is 11.8. The topological polar surface area (TPSA) is 89.6 Å². The van der Waals surface area contributed by atoms with Crippen LogP contribution in [0.5, 0.6) is 11.5 Å². The van der Waals surface area contributed by atoms with Gasteiger partial charge in [0, 0.05) is 17.1 Å². The van der Waals surface area contributed by atoms with Gasteiger partial charge in [-0.05, 0) is 19.1 Å². The second-order valence-corrected chi connectivity index (χ2v) is 5.13. The van der Waals surface area contributed by atoms with Crippen molar-refractivity contribution >= 4 is 34.0 Å². The highest BCUT2D eigenvalue weighted by Crippen LogP contribution is 2.34. The van der Waals surface area contributed by atoms with E-state index in [4.69, 9.17) is 9.47 Å². The van der Waals surface area contributed by atoms with Crippen LogP contribution in [0.15, 0.2) is 23.6 Å². The van der Waals surface area contributed by atoms with E-state index in [0.717, 1.165) is 5.69 Å². The molecule has 0 atom stereocenters. The van der Waals surface area contributed by atoms with Crippen LogP contribution in [0.3, 0.4) is 0 Å². The van der Waals surface area contributed by atoms with Crippen molar-refractivity contribution < 1.29 is 19.1 Å². The summed E-state index contributed by atoms with van der Waals surface area (Å²) in [7, 11) is 0. The largest absolute Gasteiger partial charge is 0.454 e. The van der Waals surface area contributed by atoms with E-state index in [9.17, 15) is 9.59 Å². The highest BCUT2D eigenvalue weighted by Gasteiger charge is 2.18. The van der Waals surface area contributed by atoms with Gasteiger partial charge in [0.1, 0.15) is 0 Å². The number of nitrogens with one attached hydrogen (secondary N) is 2. The molecule has 2 heterocycles.